The Hall–Kier alpha value is -1.53. The summed E-state index contributed by atoms with van der Waals surface area (Å²) in [4.78, 5) is 16.8. The summed E-state index contributed by atoms with van der Waals surface area (Å²) in [5, 5.41) is 0.875. The lowest BCUT2D eigenvalue weighted by Crippen LogP contribution is -2.31. The molecule has 1 amide bonds. The molecule has 0 fully saturated rings. The van der Waals surface area contributed by atoms with E-state index in [0.717, 1.165) is 5.06 Å². The second-order valence-electron chi connectivity index (χ2n) is 3.71. The largest absolute Gasteiger partial charge is 0.352 e. The highest BCUT2D eigenvalue weighted by molar-refractivity contribution is 5.98. The first-order chi connectivity index (χ1) is 8.65. The van der Waals surface area contributed by atoms with Crippen LogP contribution in [0.2, 0.25) is 0 Å². The minimum Gasteiger partial charge on any atom is -0.352 e. The van der Waals surface area contributed by atoms with Gasteiger partial charge in [-0.15, -0.1) is 0 Å². The summed E-state index contributed by atoms with van der Waals surface area (Å²) in [5.74, 6) is -0.454. The molecular weight excluding hydrogens is 244 g/mol. The number of hydrogen-bond acceptors (Lipinski definition) is 3. The summed E-state index contributed by atoms with van der Waals surface area (Å²) in [7, 11) is 0. The Morgan fingerprint density at radius 2 is 2.11 bits per heavy atom. The summed E-state index contributed by atoms with van der Waals surface area (Å²) in [6, 6.07) is 6.81. The number of benzene rings is 1. The molecule has 0 radical (unpaired) electrons. The molecule has 1 aliphatic rings. The van der Waals surface area contributed by atoms with E-state index in [0.29, 0.717) is 17.7 Å². The zero-order valence-corrected chi connectivity index (χ0v) is 9.81. The van der Waals surface area contributed by atoms with E-state index in [1.165, 1.54) is 0 Å². The van der Waals surface area contributed by atoms with E-state index in [2.05, 4.69) is 0 Å². The fraction of sp³-hybridized carbons (Fsp3) is 0.417. The molecule has 2 rings (SSSR count). The van der Waals surface area contributed by atoms with Gasteiger partial charge >= 0.3 is 0 Å². The summed E-state index contributed by atoms with van der Waals surface area (Å²) in [5.41, 5.74) is 1.06. The SMILES string of the molecule is CCOC1c2ccccc2C(=O)N1OCC(F)F. The molecule has 0 aromatic heterocycles. The summed E-state index contributed by atoms with van der Waals surface area (Å²) in [6.07, 6.45) is -3.39. The number of hydroxylamine groups is 2. The highest BCUT2D eigenvalue weighted by Gasteiger charge is 2.38. The smallest absolute Gasteiger partial charge is 0.280 e. The van der Waals surface area contributed by atoms with E-state index in [4.69, 9.17) is 9.57 Å². The van der Waals surface area contributed by atoms with Gasteiger partial charge in [0.1, 0.15) is 6.61 Å². The highest BCUT2D eigenvalue weighted by atomic mass is 19.3. The molecule has 1 unspecified atom stereocenters. The lowest BCUT2D eigenvalue weighted by molar-refractivity contribution is -0.228. The fourth-order valence-corrected chi connectivity index (χ4v) is 1.84. The maximum Gasteiger partial charge on any atom is 0.280 e. The van der Waals surface area contributed by atoms with Crippen molar-refractivity contribution in [1.29, 1.82) is 0 Å². The minimum atomic E-state index is -2.64. The van der Waals surface area contributed by atoms with Gasteiger partial charge in [0.25, 0.3) is 12.3 Å². The number of carbonyl (C=O) groups excluding carboxylic acids is 1. The van der Waals surface area contributed by atoms with Crippen molar-refractivity contribution in [2.24, 2.45) is 0 Å². The van der Waals surface area contributed by atoms with Gasteiger partial charge in [0, 0.05) is 17.7 Å². The van der Waals surface area contributed by atoms with Gasteiger partial charge in [-0.05, 0) is 13.0 Å². The molecule has 1 aromatic rings. The molecule has 98 valence electrons. The Bertz CT molecular complexity index is 439. The Morgan fingerprint density at radius 3 is 2.78 bits per heavy atom. The van der Waals surface area contributed by atoms with Crippen LogP contribution in [0.15, 0.2) is 24.3 Å². The second kappa shape index (κ2) is 5.41. The molecule has 1 heterocycles. The quantitative estimate of drug-likeness (QED) is 0.812. The fourth-order valence-electron chi connectivity index (χ4n) is 1.84. The van der Waals surface area contributed by atoms with Crippen molar-refractivity contribution in [2.45, 2.75) is 19.6 Å². The third kappa shape index (κ3) is 2.34. The molecule has 4 nitrogen and oxygen atoms in total. The second-order valence-corrected chi connectivity index (χ2v) is 3.71. The molecule has 1 atom stereocenters. The third-order valence-corrected chi connectivity index (χ3v) is 2.53. The molecule has 6 heteroatoms. The number of amides is 1. The van der Waals surface area contributed by atoms with Crippen molar-refractivity contribution in [1.82, 2.24) is 5.06 Å². The Kier molecular flexibility index (Phi) is 3.88. The van der Waals surface area contributed by atoms with E-state index < -0.39 is 25.2 Å². The Morgan fingerprint density at radius 1 is 1.39 bits per heavy atom. The first-order valence-electron chi connectivity index (χ1n) is 5.60. The Balaban J connectivity index is 2.23. The molecule has 0 bridgehead atoms. The first kappa shape index (κ1) is 12.9. The number of ether oxygens (including phenoxy) is 1. The van der Waals surface area contributed by atoms with Gasteiger partial charge in [-0.1, -0.05) is 18.2 Å². The summed E-state index contributed by atoms with van der Waals surface area (Å²) < 4.78 is 29.7. The maximum absolute atomic E-state index is 12.2. The number of rotatable bonds is 5. The van der Waals surface area contributed by atoms with Crippen LogP contribution >= 0.6 is 0 Å². The van der Waals surface area contributed by atoms with Crippen LogP contribution in [-0.2, 0) is 9.57 Å². The molecule has 0 saturated heterocycles. The van der Waals surface area contributed by atoms with Crippen molar-refractivity contribution in [3.8, 4) is 0 Å². The van der Waals surface area contributed by atoms with Gasteiger partial charge in [-0.3, -0.25) is 9.63 Å². The van der Waals surface area contributed by atoms with E-state index in [1.807, 2.05) is 0 Å². The monoisotopic (exact) mass is 257 g/mol. The van der Waals surface area contributed by atoms with Crippen LogP contribution in [0, 0.1) is 0 Å². The van der Waals surface area contributed by atoms with Crippen molar-refractivity contribution >= 4 is 5.91 Å². The van der Waals surface area contributed by atoms with Crippen molar-refractivity contribution < 1.29 is 23.1 Å². The number of halogens is 2. The van der Waals surface area contributed by atoms with Crippen LogP contribution in [0.1, 0.15) is 29.1 Å². The number of nitrogens with zero attached hydrogens (tertiary/aromatic N) is 1. The molecule has 18 heavy (non-hydrogen) atoms. The van der Waals surface area contributed by atoms with Gasteiger partial charge in [0.2, 0.25) is 0 Å². The van der Waals surface area contributed by atoms with Crippen LogP contribution in [0.3, 0.4) is 0 Å². The molecule has 1 aromatic carbocycles. The van der Waals surface area contributed by atoms with Gasteiger partial charge in [-0.2, -0.15) is 5.06 Å². The van der Waals surface area contributed by atoms with Crippen LogP contribution in [0.4, 0.5) is 8.78 Å². The van der Waals surface area contributed by atoms with Crippen LogP contribution in [0.5, 0.6) is 0 Å². The zero-order chi connectivity index (χ0) is 13.1. The zero-order valence-electron chi connectivity index (χ0n) is 9.81. The predicted molar refractivity (Wildman–Crippen MR) is 58.9 cm³/mol. The third-order valence-electron chi connectivity index (χ3n) is 2.53. The summed E-state index contributed by atoms with van der Waals surface area (Å²) >= 11 is 0. The maximum atomic E-state index is 12.2. The topological polar surface area (TPSA) is 38.8 Å². The van der Waals surface area contributed by atoms with E-state index in [9.17, 15) is 13.6 Å². The molecule has 1 aliphatic heterocycles. The molecule has 0 saturated carbocycles. The van der Waals surface area contributed by atoms with Crippen molar-refractivity contribution in [3.63, 3.8) is 0 Å². The average Bonchev–Trinajstić information content (AvgIpc) is 2.62. The lowest BCUT2D eigenvalue weighted by Gasteiger charge is -2.23. The minimum absolute atomic E-state index is 0.348. The number of fused-ring (bicyclic) bond motifs is 1. The van der Waals surface area contributed by atoms with Crippen molar-refractivity contribution in [3.05, 3.63) is 35.4 Å². The van der Waals surface area contributed by atoms with E-state index in [1.54, 1.807) is 31.2 Å². The first-order valence-corrected chi connectivity index (χ1v) is 5.60. The van der Waals surface area contributed by atoms with Gasteiger partial charge in [-0.25, -0.2) is 8.78 Å². The number of alkyl halides is 2. The van der Waals surface area contributed by atoms with Crippen LogP contribution in [0.25, 0.3) is 0 Å². The normalized spacial score (nSPS) is 18.6. The lowest BCUT2D eigenvalue weighted by atomic mass is 10.1. The summed E-state index contributed by atoms with van der Waals surface area (Å²) in [6.45, 7) is 1.28. The molecule has 0 aliphatic carbocycles. The predicted octanol–water partition coefficient (Wildman–Crippen LogP) is 2.37. The van der Waals surface area contributed by atoms with Gasteiger partial charge in [0.05, 0.1) is 0 Å². The van der Waals surface area contributed by atoms with Crippen molar-refractivity contribution in [2.75, 3.05) is 13.2 Å². The molecule has 0 spiro atoms. The van der Waals surface area contributed by atoms with E-state index >= 15 is 0 Å². The van der Waals surface area contributed by atoms with Crippen LogP contribution in [-0.4, -0.2) is 30.6 Å². The highest BCUT2D eigenvalue weighted by Crippen LogP contribution is 2.34. The molecule has 0 N–H and O–H groups in total. The van der Waals surface area contributed by atoms with E-state index in [-0.39, 0.29) is 0 Å². The standard InChI is InChI=1S/C12H13F2NO3/c1-2-17-12-9-6-4-3-5-8(9)11(16)15(12)18-7-10(13)14/h3-6,10,12H,2,7H2,1H3. The number of carbonyl (C=O) groups is 1. The van der Waals surface area contributed by atoms with Gasteiger partial charge < -0.3 is 4.74 Å². The Labute approximate surface area is 103 Å². The van der Waals surface area contributed by atoms with Gasteiger partial charge in [0.15, 0.2) is 6.23 Å². The van der Waals surface area contributed by atoms with Crippen LogP contribution < -0.4 is 0 Å². The molecular formula is C12H13F2NO3. The number of hydrogen-bond donors (Lipinski definition) is 0. The average molecular weight is 257 g/mol.